The van der Waals surface area contributed by atoms with Crippen LogP contribution in [0.2, 0.25) is 0 Å². The first-order valence-electron chi connectivity index (χ1n) is 8.20. The molecule has 0 saturated carbocycles. The molecule has 118 valence electrons. The van der Waals surface area contributed by atoms with Gasteiger partial charge in [-0.15, -0.1) is 0 Å². The van der Waals surface area contributed by atoms with Gasteiger partial charge >= 0.3 is 0 Å². The molecule has 3 nitrogen and oxygen atoms in total. The lowest BCUT2D eigenvalue weighted by atomic mass is 9.82. The van der Waals surface area contributed by atoms with Crippen LogP contribution in [-0.4, -0.2) is 38.7 Å². The zero-order chi connectivity index (χ0) is 15.3. The summed E-state index contributed by atoms with van der Waals surface area (Å²) >= 11 is 0. The van der Waals surface area contributed by atoms with E-state index in [9.17, 15) is 0 Å². The van der Waals surface area contributed by atoms with E-state index < -0.39 is 0 Å². The van der Waals surface area contributed by atoms with Crippen LogP contribution in [0.15, 0.2) is 24.3 Å². The Morgan fingerprint density at radius 3 is 2.38 bits per heavy atom. The molecule has 0 amide bonds. The Kier molecular flexibility index (Phi) is 5.65. The van der Waals surface area contributed by atoms with E-state index in [0.717, 1.165) is 12.3 Å². The van der Waals surface area contributed by atoms with Gasteiger partial charge in [-0.25, -0.2) is 0 Å². The molecule has 1 aliphatic heterocycles. The van der Waals surface area contributed by atoms with Crippen LogP contribution in [0, 0.1) is 5.41 Å². The van der Waals surface area contributed by atoms with Crippen molar-refractivity contribution in [2.45, 2.75) is 39.2 Å². The van der Waals surface area contributed by atoms with Gasteiger partial charge in [-0.05, 0) is 56.0 Å². The molecule has 1 aliphatic rings. The normalized spacial score (nSPS) is 19.6. The van der Waals surface area contributed by atoms with E-state index in [0.29, 0.717) is 11.5 Å². The fourth-order valence-corrected chi connectivity index (χ4v) is 3.47. The molecule has 1 atom stereocenters. The summed E-state index contributed by atoms with van der Waals surface area (Å²) < 4.78 is 5.24. The lowest BCUT2D eigenvalue weighted by Gasteiger charge is -2.28. The van der Waals surface area contributed by atoms with Crippen molar-refractivity contribution in [3.05, 3.63) is 29.8 Å². The standard InChI is InChI=1S/C18H30N2O/c1-5-18(6-2)11-12-20(14-18)13-17(19-3)15-7-9-16(21-4)10-8-15/h7-10,17,19H,5-6,11-14H2,1-4H3. The molecule has 0 aromatic heterocycles. The van der Waals surface area contributed by atoms with Crippen molar-refractivity contribution in [3.63, 3.8) is 0 Å². The highest BCUT2D eigenvalue weighted by atomic mass is 16.5. The summed E-state index contributed by atoms with van der Waals surface area (Å²) in [5.41, 5.74) is 1.89. The zero-order valence-electron chi connectivity index (χ0n) is 14.0. The third-order valence-electron chi connectivity index (χ3n) is 5.32. The predicted octanol–water partition coefficient (Wildman–Crippen LogP) is 3.47. The number of rotatable bonds is 7. The van der Waals surface area contributed by atoms with Crippen LogP contribution in [0.1, 0.15) is 44.7 Å². The van der Waals surface area contributed by atoms with Gasteiger partial charge in [-0.1, -0.05) is 26.0 Å². The predicted molar refractivity (Wildman–Crippen MR) is 88.9 cm³/mol. The molecule has 3 heteroatoms. The van der Waals surface area contributed by atoms with Gasteiger partial charge in [0.15, 0.2) is 0 Å². The second kappa shape index (κ2) is 7.28. The van der Waals surface area contributed by atoms with Gasteiger partial charge in [0.05, 0.1) is 7.11 Å². The molecule has 21 heavy (non-hydrogen) atoms. The van der Waals surface area contributed by atoms with Crippen LogP contribution in [0.4, 0.5) is 0 Å². The summed E-state index contributed by atoms with van der Waals surface area (Å²) in [5, 5.41) is 3.46. The second-order valence-corrected chi connectivity index (χ2v) is 6.31. The summed E-state index contributed by atoms with van der Waals surface area (Å²) in [6.45, 7) is 8.24. The largest absolute Gasteiger partial charge is 0.497 e. The molecule has 0 aliphatic carbocycles. The molecule has 1 aromatic carbocycles. The number of hydrogen-bond acceptors (Lipinski definition) is 3. The highest BCUT2D eigenvalue weighted by Gasteiger charge is 2.35. The van der Waals surface area contributed by atoms with Crippen LogP contribution in [0.3, 0.4) is 0 Å². The Bertz CT molecular complexity index is 425. The molecule has 1 N–H and O–H groups in total. The minimum atomic E-state index is 0.389. The third kappa shape index (κ3) is 3.78. The summed E-state index contributed by atoms with van der Waals surface area (Å²) in [7, 11) is 3.77. The Morgan fingerprint density at radius 2 is 1.90 bits per heavy atom. The lowest BCUT2D eigenvalue weighted by molar-refractivity contribution is 0.227. The first-order valence-corrected chi connectivity index (χ1v) is 8.20. The molecule has 1 heterocycles. The van der Waals surface area contributed by atoms with Crippen molar-refractivity contribution < 1.29 is 4.74 Å². The van der Waals surface area contributed by atoms with Crippen LogP contribution >= 0.6 is 0 Å². The van der Waals surface area contributed by atoms with Crippen molar-refractivity contribution in [1.82, 2.24) is 10.2 Å². The van der Waals surface area contributed by atoms with Crippen molar-refractivity contribution in [3.8, 4) is 5.75 Å². The van der Waals surface area contributed by atoms with Gasteiger partial charge in [0.1, 0.15) is 5.75 Å². The quantitative estimate of drug-likeness (QED) is 0.832. The van der Waals surface area contributed by atoms with Crippen molar-refractivity contribution >= 4 is 0 Å². The first-order chi connectivity index (χ1) is 10.2. The molecule has 1 aromatic rings. The summed E-state index contributed by atoms with van der Waals surface area (Å²) in [4.78, 5) is 2.62. The van der Waals surface area contributed by atoms with Gasteiger partial charge in [0, 0.05) is 19.1 Å². The van der Waals surface area contributed by atoms with Crippen LogP contribution in [-0.2, 0) is 0 Å². The van der Waals surface area contributed by atoms with E-state index in [1.807, 2.05) is 12.1 Å². The Morgan fingerprint density at radius 1 is 1.24 bits per heavy atom. The van der Waals surface area contributed by atoms with Crippen molar-refractivity contribution in [2.75, 3.05) is 33.8 Å². The SMILES string of the molecule is CCC1(CC)CCN(CC(NC)c2ccc(OC)cc2)C1. The van der Waals surface area contributed by atoms with Crippen molar-refractivity contribution in [2.24, 2.45) is 5.41 Å². The number of methoxy groups -OCH3 is 1. The van der Waals surface area contributed by atoms with Crippen LogP contribution < -0.4 is 10.1 Å². The number of likely N-dealkylation sites (tertiary alicyclic amines) is 1. The maximum atomic E-state index is 5.24. The molecular weight excluding hydrogens is 260 g/mol. The molecule has 1 unspecified atom stereocenters. The van der Waals surface area contributed by atoms with E-state index in [-0.39, 0.29) is 0 Å². The van der Waals surface area contributed by atoms with Crippen molar-refractivity contribution in [1.29, 1.82) is 0 Å². The number of hydrogen-bond donors (Lipinski definition) is 1. The minimum Gasteiger partial charge on any atom is -0.497 e. The number of ether oxygens (including phenoxy) is 1. The van der Waals surface area contributed by atoms with Gasteiger partial charge in [-0.2, -0.15) is 0 Å². The summed E-state index contributed by atoms with van der Waals surface area (Å²) in [5.74, 6) is 0.922. The van der Waals surface area contributed by atoms with E-state index in [2.05, 4.69) is 43.2 Å². The zero-order valence-corrected chi connectivity index (χ0v) is 14.0. The number of benzene rings is 1. The fourth-order valence-electron chi connectivity index (χ4n) is 3.47. The topological polar surface area (TPSA) is 24.5 Å². The monoisotopic (exact) mass is 290 g/mol. The number of nitrogens with one attached hydrogen (secondary N) is 1. The molecule has 1 saturated heterocycles. The molecule has 0 radical (unpaired) electrons. The smallest absolute Gasteiger partial charge is 0.118 e. The minimum absolute atomic E-state index is 0.389. The van der Waals surface area contributed by atoms with E-state index in [4.69, 9.17) is 4.74 Å². The van der Waals surface area contributed by atoms with Gasteiger partial charge in [0.2, 0.25) is 0 Å². The molecule has 0 bridgehead atoms. The number of likely N-dealkylation sites (N-methyl/N-ethyl adjacent to an activating group) is 1. The first kappa shape index (κ1) is 16.3. The Balaban J connectivity index is 1.99. The van der Waals surface area contributed by atoms with E-state index in [1.54, 1.807) is 7.11 Å². The molecular formula is C18H30N2O. The van der Waals surface area contributed by atoms with Gasteiger partial charge in [0.25, 0.3) is 0 Å². The van der Waals surface area contributed by atoms with Gasteiger partial charge < -0.3 is 15.0 Å². The van der Waals surface area contributed by atoms with E-state index in [1.165, 1.54) is 37.9 Å². The molecule has 2 rings (SSSR count). The summed E-state index contributed by atoms with van der Waals surface area (Å²) in [6, 6.07) is 8.82. The molecule has 1 fully saturated rings. The Labute approximate surface area is 129 Å². The lowest BCUT2D eigenvalue weighted by Crippen LogP contribution is -2.34. The second-order valence-electron chi connectivity index (χ2n) is 6.31. The average Bonchev–Trinajstić information content (AvgIpc) is 2.96. The molecule has 0 spiro atoms. The maximum Gasteiger partial charge on any atom is 0.118 e. The van der Waals surface area contributed by atoms with Crippen LogP contribution in [0.25, 0.3) is 0 Å². The summed E-state index contributed by atoms with van der Waals surface area (Å²) in [6.07, 6.45) is 3.94. The maximum absolute atomic E-state index is 5.24. The highest BCUT2D eigenvalue weighted by molar-refractivity contribution is 5.29. The van der Waals surface area contributed by atoms with Gasteiger partial charge in [-0.3, -0.25) is 0 Å². The van der Waals surface area contributed by atoms with E-state index >= 15 is 0 Å². The third-order valence-corrected chi connectivity index (χ3v) is 5.32. The Hall–Kier alpha value is -1.06. The average molecular weight is 290 g/mol. The van der Waals surface area contributed by atoms with Crippen LogP contribution in [0.5, 0.6) is 5.75 Å². The highest BCUT2D eigenvalue weighted by Crippen LogP contribution is 2.37. The fraction of sp³-hybridized carbons (Fsp3) is 0.667. The number of nitrogens with zero attached hydrogens (tertiary/aromatic N) is 1.